The van der Waals surface area contributed by atoms with Gasteiger partial charge in [-0.3, -0.25) is 29.0 Å². The van der Waals surface area contributed by atoms with Gasteiger partial charge in [-0.2, -0.15) is 0 Å². The van der Waals surface area contributed by atoms with Crippen molar-refractivity contribution in [3.63, 3.8) is 0 Å². The lowest BCUT2D eigenvalue weighted by atomic mass is 10.0. The summed E-state index contributed by atoms with van der Waals surface area (Å²) < 4.78 is 0. The first-order valence-corrected chi connectivity index (χ1v) is 17.2. The molecule has 1 rings (SSSR count). The molecule has 1 aromatic carbocycles. The van der Waals surface area contributed by atoms with Crippen molar-refractivity contribution < 1.29 is 39.0 Å². The van der Waals surface area contributed by atoms with E-state index in [0.717, 1.165) is 12.0 Å². The maximum atomic E-state index is 13.5. The van der Waals surface area contributed by atoms with Gasteiger partial charge in [0.05, 0.1) is 12.1 Å². The molecule has 0 aliphatic carbocycles. The molecule has 0 bridgehead atoms. The molecule has 0 radical (unpaired) electrons. The van der Waals surface area contributed by atoms with Gasteiger partial charge in [0, 0.05) is 6.54 Å². The summed E-state index contributed by atoms with van der Waals surface area (Å²) >= 11 is 0. The van der Waals surface area contributed by atoms with Crippen LogP contribution >= 0.6 is 0 Å². The highest BCUT2D eigenvalue weighted by Gasteiger charge is 2.34. The molecule has 0 unspecified atom stereocenters. The number of guanidine groups is 1. The number of aliphatic hydroxyl groups excluding tert-OH is 1. The zero-order valence-electron chi connectivity index (χ0n) is 30.2. The van der Waals surface area contributed by atoms with Crippen molar-refractivity contribution in [2.45, 2.75) is 122 Å². The van der Waals surface area contributed by atoms with Crippen LogP contribution in [0.1, 0.15) is 78.7 Å². The van der Waals surface area contributed by atoms with E-state index >= 15 is 0 Å². The van der Waals surface area contributed by atoms with E-state index in [-0.39, 0.29) is 50.5 Å². The number of carboxylic acids is 1. The Hall–Kier alpha value is -4.77. The third-order valence-electron chi connectivity index (χ3n) is 7.83. The molecule has 286 valence electrons. The van der Waals surface area contributed by atoms with Crippen LogP contribution < -0.4 is 43.8 Å². The second-order valence-corrected chi connectivity index (χ2v) is 13.0. The third kappa shape index (κ3) is 17.1. The average Bonchev–Trinajstić information content (AvgIpc) is 3.05. The van der Waals surface area contributed by atoms with Gasteiger partial charge in [-0.1, -0.05) is 63.9 Å². The van der Waals surface area contributed by atoms with Crippen LogP contribution in [0.3, 0.4) is 0 Å². The summed E-state index contributed by atoms with van der Waals surface area (Å²) in [5.74, 6) is -5.20. The van der Waals surface area contributed by atoms with Gasteiger partial charge < -0.3 is 54.0 Å². The Morgan fingerprint density at radius 3 is 1.86 bits per heavy atom. The summed E-state index contributed by atoms with van der Waals surface area (Å²) in [5.41, 5.74) is 17.5. The molecule has 0 aromatic heterocycles. The monoisotopic (exact) mass is 719 g/mol. The molecule has 17 heteroatoms. The molecule has 17 nitrogen and oxygen atoms in total. The Morgan fingerprint density at radius 1 is 0.745 bits per heavy atom. The van der Waals surface area contributed by atoms with Gasteiger partial charge in [-0.25, -0.2) is 4.79 Å². The molecular formula is C34H57N9O8. The Bertz CT molecular complexity index is 1320. The van der Waals surface area contributed by atoms with Crippen LogP contribution in [0.5, 0.6) is 0 Å². The van der Waals surface area contributed by atoms with Gasteiger partial charge in [-0.05, 0) is 57.4 Å². The minimum Gasteiger partial charge on any atom is -0.480 e. The normalized spacial score (nSPS) is 15.1. The second kappa shape index (κ2) is 22.8. The zero-order chi connectivity index (χ0) is 38.7. The summed E-state index contributed by atoms with van der Waals surface area (Å²) in [6.07, 6.45) is 0.812. The van der Waals surface area contributed by atoms with E-state index in [1.807, 2.05) is 37.3 Å². The lowest BCUT2D eigenvalue weighted by Gasteiger charge is -2.28. The third-order valence-corrected chi connectivity index (χ3v) is 7.83. The Kier molecular flexibility index (Phi) is 19.8. The fourth-order valence-corrected chi connectivity index (χ4v) is 4.98. The van der Waals surface area contributed by atoms with Crippen molar-refractivity contribution in [1.82, 2.24) is 26.6 Å². The van der Waals surface area contributed by atoms with Crippen LogP contribution in [0.2, 0.25) is 0 Å². The van der Waals surface area contributed by atoms with Gasteiger partial charge >= 0.3 is 5.97 Å². The van der Waals surface area contributed by atoms with Crippen LogP contribution in [0.15, 0.2) is 35.3 Å². The summed E-state index contributed by atoms with van der Waals surface area (Å²) in [4.78, 5) is 81.4. The van der Waals surface area contributed by atoms with Crippen LogP contribution in [0.25, 0.3) is 0 Å². The van der Waals surface area contributed by atoms with E-state index < -0.39 is 77.9 Å². The van der Waals surface area contributed by atoms with Gasteiger partial charge in [0.25, 0.3) is 0 Å². The van der Waals surface area contributed by atoms with E-state index in [9.17, 15) is 39.0 Å². The fourth-order valence-electron chi connectivity index (χ4n) is 4.98. The van der Waals surface area contributed by atoms with E-state index in [1.54, 1.807) is 13.8 Å². The molecule has 0 saturated heterocycles. The second-order valence-electron chi connectivity index (χ2n) is 13.0. The number of aliphatic hydroxyl groups is 1. The van der Waals surface area contributed by atoms with Crippen molar-refractivity contribution in [1.29, 1.82) is 0 Å². The standard InChI is InChI=1S/C34H57N9O8/c1-6-7-14-24(40-29(46)23(35)18-22-12-9-8-10-13-22)30(47)43-27(21(5)44)32(49)42-26(17-19(2)3)31(48)39-20(4)28(45)41-25(33(50)51)15-11-16-38-34(36)37/h8-10,12-13,19-21,23-27,44H,6-7,11,14-18,35H2,1-5H3,(H,39,48)(H,40,46)(H,41,45)(H,42,49)(H,43,47)(H,50,51)(H4,36,37,38)/t20-,21+,23-,24-,25-,26-,27-/m0/s1. The largest absolute Gasteiger partial charge is 0.480 e. The molecule has 51 heavy (non-hydrogen) atoms. The number of benzene rings is 1. The SMILES string of the molecule is CCCC[C@H](NC(=O)[C@@H](N)Cc1ccccc1)C(=O)N[C@H](C(=O)N[C@@H](CC(C)C)C(=O)N[C@@H](C)C(=O)N[C@@H](CCCN=C(N)N)C(=O)O)[C@@H](C)O. The van der Waals surface area contributed by atoms with Crippen molar-refractivity contribution in [2.75, 3.05) is 6.54 Å². The number of amides is 5. The Labute approximate surface area is 299 Å². The zero-order valence-corrected chi connectivity index (χ0v) is 30.2. The highest BCUT2D eigenvalue weighted by atomic mass is 16.4. The minimum absolute atomic E-state index is 0.0283. The van der Waals surface area contributed by atoms with E-state index in [2.05, 4.69) is 31.6 Å². The van der Waals surface area contributed by atoms with Crippen molar-refractivity contribution >= 4 is 41.5 Å². The van der Waals surface area contributed by atoms with Crippen molar-refractivity contribution in [2.24, 2.45) is 28.1 Å². The number of carboxylic acid groups (broad SMARTS) is 1. The van der Waals surface area contributed by atoms with Gasteiger partial charge in [-0.15, -0.1) is 0 Å². The Morgan fingerprint density at radius 2 is 1.31 bits per heavy atom. The predicted octanol–water partition coefficient (Wildman–Crippen LogP) is -1.24. The van der Waals surface area contributed by atoms with Crippen molar-refractivity contribution in [3.05, 3.63) is 35.9 Å². The van der Waals surface area contributed by atoms with Crippen LogP contribution in [0, 0.1) is 5.92 Å². The summed E-state index contributed by atoms with van der Waals surface area (Å²) in [6, 6.07) is 2.01. The number of aliphatic imine (C=N–C) groups is 1. The molecule has 1 aromatic rings. The molecule has 0 fully saturated rings. The molecule has 13 N–H and O–H groups in total. The summed E-state index contributed by atoms with van der Waals surface area (Å²) in [7, 11) is 0. The van der Waals surface area contributed by atoms with E-state index in [0.29, 0.717) is 6.42 Å². The number of carbonyl (C=O) groups is 6. The fraction of sp³-hybridized carbons (Fsp3) is 0.618. The lowest BCUT2D eigenvalue weighted by molar-refractivity contribution is -0.142. The van der Waals surface area contributed by atoms with Crippen LogP contribution in [0.4, 0.5) is 0 Å². The Balaban J connectivity index is 2.99. The highest BCUT2D eigenvalue weighted by Crippen LogP contribution is 2.09. The number of nitrogens with zero attached hydrogens (tertiary/aromatic N) is 1. The van der Waals surface area contributed by atoms with Gasteiger partial charge in [0.15, 0.2) is 5.96 Å². The number of hydrogen-bond acceptors (Lipinski definition) is 9. The lowest BCUT2D eigenvalue weighted by Crippen LogP contribution is -2.61. The number of nitrogens with two attached hydrogens (primary N) is 3. The van der Waals surface area contributed by atoms with E-state index in [4.69, 9.17) is 17.2 Å². The first-order chi connectivity index (χ1) is 24.0. The number of nitrogens with one attached hydrogen (secondary N) is 5. The molecular weight excluding hydrogens is 662 g/mol. The van der Waals surface area contributed by atoms with Gasteiger partial charge in [0.1, 0.15) is 30.2 Å². The first-order valence-electron chi connectivity index (χ1n) is 17.2. The molecule has 5 amide bonds. The highest BCUT2D eigenvalue weighted by molar-refractivity contribution is 5.96. The van der Waals surface area contributed by atoms with Crippen LogP contribution in [-0.2, 0) is 35.2 Å². The molecule has 0 heterocycles. The van der Waals surface area contributed by atoms with E-state index in [1.165, 1.54) is 13.8 Å². The summed E-state index contributed by atoms with van der Waals surface area (Å²) in [6.45, 7) is 8.33. The number of aliphatic carboxylic acids is 1. The molecule has 0 saturated carbocycles. The molecule has 0 aliphatic heterocycles. The maximum absolute atomic E-state index is 13.5. The van der Waals surface area contributed by atoms with Crippen molar-refractivity contribution in [3.8, 4) is 0 Å². The quantitative estimate of drug-likeness (QED) is 0.0362. The molecule has 0 spiro atoms. The predicted molar refractivity (Wildman–Crippen MR) is 192 cm³/mol. The molecule has 7 atom stereocenters. The smallest absolute Gasteiger partial charge is 0.326 e. The number of unbranched alkanes of at least 4 members (excludes halogenated alkanes) is 1. The minimum atomic E-state index is -1.50. The van der Waals surface area contributed by atoms with Crippen LogP contribution in [-0.4, -0.2) is 101 Å². The number of carbonyl (C=O) groups excluding carboxylic acids is 5. The van der Waals surface area contributed by atoms with Gasteiger partial charge in [0.2, 0.25) is 29.5 Å². The topological polar surface area (TPSA) is 293 Å². The first kappa shape index (κ1) is 44.3. The number of hydrogen-bond donors (Lipinski definition) is 10. The average molecular weight is 720 g/mol. The number of rotatable bonds is 23. The molecule has 0 aliphatic rings. The summed E-state index contributed by atoms with van der Waals surface area (Å²) in [5, 5.41) is 32.6. The maximum Gasteiger partial charge on any atom is 0.326 e.